The fourth-order valence-electron chi connectivity index (χ4n) is 6.78. The smallest absolute Gasteiger partial charge is 0.462 e. The third-order valence-corrected chi connectivity index (χ3v) is 11.4. The molecule has 354 valence electrons. The molecule has 0 saturated carbocycles. The van der Waals surface area contributed by atoms with Crippen LogP contribution >= 0.6 is 7.82 Å². The van der Waals surface area contributed by atoms with Crippen LogP contribution in [0.5, 0.6) is 0 Å². The zero-order valence-corrected chi connectivity index (χ0v) is 40.0. The normalized spacial score (nSPS) is 13.7. The lowest BCUT2D eigenvalue weighted by Crippen LogP contribution is -2.29. The molecule has 0 aliphatic rings. The monoisotopic (exact) mass is 878 g/mol. The van der Waals surface area contributed by atoms with E-state index in [1.54, 1.807) is 0 Å². The Morgan fingerprint density at radius 2 is 0.902 bits per heavy atom. The number of phosphoric ester groups is 1. The molecule has 10 heteroatoms. The summed E-state index contributed by atoms with van der Waals surface area (Å²) in [5.41, 5.74) is 5.36. The minimum Gasteiger partial charge on any atom is -0.462 e. The highest BCUT2D eigenvalue weighted by molar-refractivity contribution is 7.47. The van der Waals surface area contributed by atoms with Crippen molar-refractivity contribution >= 4 is 19.8 Å². The van der Waals surface area contributed by atoms with Crippen LogP contribution in [0.4, 0.5) is 0 Å². The van der Waals surface area contributed by atoms with Gasteiger partial charge in [0.15, 0.2) is 6.10 Å². The first-order chi connectivity index (χ1) is 29.8. The lowest BCUT2D eigenvalue weighted by Gasteiger charge is -2.19. The van der Waals surface area contributed by atoms with Gasteiger partial charge in [-0.25, -0.2) is 4.57 Å². The number of nitrogens with two attached hydrogens (primary N) is 1. The van der Waals surface area contributed by atoms with Gasteiger partial charge in [-0.1, -0.05) is 209 Å². The van der Waals surface area contributed by atoms with Gasteiger partial charge in [-0.3, -0.25) is 18.6 Å². The van der Waals surface area contributed by atoms with Crippen molar-refractivity contribution in [2.75, 3.05) is 26.4 Å². The molecule has 0 rings (SSSR count). The van der Waals surface area contributed by atoms with Gasteiger partial charge in [0, 0.05) is 19.4 Å². The standard InChI is InChI=1S/C51H92NO8P/c1-3-5-7-9-11-13-15-17-19-21-23-24-26-28-30-32-34-36-38-40-42-44-51(54)60-49(48-59-61(55,56)58-46-45-52)47-57-50(53)43-41-39-37-35-33-31-29-27-25-22-20-18-16-14-12-10-8-6-4-2/h6,8,12,14,18,20,25,27,31,33,49H,3-5,7,9-11,13,15-17,19,21-24,26,28-30,32,34-48,52H2,1-2H3,(H,55,56)/t49-/m1/s1. The van der Waals surface area contributed by atoms with Crippen LogP contribution in [0, 0.1) is 0 Å². The molecule has 0 aliphatic heterocycles. The van der Waals surface area contributed by atoms with Gasteiger partial charge in [0.2, 0.25) is 0 Å². The molecule has 0 aromatic rings. The van der Waals surface area contributed by atoms with Gasteiger partial charge in [0.1, 0.15) is 6.61 Å². The zero-order valence-electron chi connectivity index (χ0n) is 39.1. The maximum absolute atomic E-state index is 12.6. The highest BCUT2D eigenvalue weighted by Gasteiger charge is 2.26. The van der Waals surface area contributed by atoms with Crippen LogP contribution < -0.4 is 5.73 Å². The second kappa shape index (κ2) is 47.2. The highest BCUT2D eigenvalue weighted by atomic mass is 31.2. The van der Waals surface area contributed by atoms with Crippen molar-refractivity contribution < 1.29 is 37.6 Å². The maximum atomic E-state index is 12.6. The van der Waals surface area contributed by atoms with Crippen molar-refractivity contribution in [1.29, 1.82) is 0 Å². The summed E-state index contributed by atoms with van der Waals surface area (Å²) in [6.07, 6.45) is 56.9. The summed E-state index contributed by atoms with van der Waals surface area (Å²) in [6.45, 7) is 3.61. The van der Waals surface area contributed by atoms with Crippen LogP contribution in [0.1, 0.15) is 219 Å². The summed E-state index contributed by atoms with van der Waals surface area (Å²) < 4.78 is 32.9. The molecule has 0 spiro atoms. The molecule has 3 N–H and O–H groups in total. The first-order valence-electron chi connectivity index (χ1n) is 24.8. The summed E-state index contributed by atoms with van der Waals surface area (Å²) in [5, 5.41) is 0. The molecule has 0 aromatic carbocycles. The van der Waals surface area contributed by atoms with E-state index in [0.29, 0.717) is 12.8 Å². The van der Waals surface area contributed by atoms with E-state index in [9.17, 15) is 19.0 Å². The molecular formula is C51H92NO8P. The van der Waals surface area contributed by atoms with Crippen LogP contribution in [-0.4, -0.2) is 49.3 Å². The van der Waals surface area contributed by atoms with E-state index in [4.69, 9.17) is 24.3 Å². The summed E-state index contributed by atoms with van der Waals surface area (Å²) >= 11 is 0. The van der Waals surface area contributed by atoms with Crippen molar-refractivity contribution in [3.05, 3.63) is 60.8 Å². The second-order valence-corrected chi connectivity index (χ2v) is 17.8. The largest absolute Gasteiger partial charge is 0.472 e. The number of carbonyl (C=O) groups excluding carboxylic acids is 2. The predicted molar refractivity (Wildman–Crippen MR) is 256 cm³/mol. The Morgan fingerprint density at radius 1 is 0.508 bits per heavy atom. The van der Waals surface area contributed by atoms with Gasteiger partial charge in [-0.2, -0.15) is 0 Å². The van der Waals surface area contributed by atoms with Crippen molar-refractivity contribution in [2.45, 2.75) is 225 Å². The van der Waals surface area contributed by atoms with Crippen molar-refractivity contribution in [3.8, 4) is 0 Å². The number of phosphoric acid groups is 1. The number of hydrogen-bond acceptors (Lipinski definition) is 8. The SMILES string of the molecule is CCC=CCC=CCC=CCC=CCC=CCCCCCC(=O)OC[C@H](COP(=O)(O)OCCN)OC(=O)CCCCCCCCCCCCCCCCCCCCCCC. The molecule has 0 radical (unpaired) electrons. The summed E-state index contributed by atoms with van der Waals surface area (Å²) in [5.74, 6) is -0.861. The van der Waals surface area contributed by atoms with Crippen molar-refractivity contribution in [3.63, 3.8) is 0 Å². The average Bonchev–Trinajstić information content (AvgIpc) is 3.25. The number of ether oxygens (including phenoxy) is 2. The minimum atomic E-state index is -4.39. The van der Waals surface area contributed by atoms with Crippen LogP contribution in [0.15, 0.2) is 60.8 Å². The number of allylic oxidation sites excluding steroid dienone is 10. The molecule has 0 aromatic heterocycles. The molecule has 1 unspecified atom stereocenters. The van der Waals surface area contributed by atoms with Crippen LogP contribution in [0.2, 0.25) is 0 Å². The lowest BCUT2D eigenvalue weighted by molar-refractivity contribution is -0.161. The second-order valence-electron chi connectivity index (χ2n) is 16.3. The number of esters is 2. The maximum Gasteiger partial charge on any atom is 0.472 e. The number of rotatable bonds is 46. The van der Waals surface area contributed by atoms with Crippen LogP contribution in [0.25, 0.3) is 0 Å². The van der Waals surface area contributed by atoms with Crippen molar-refractivity contribution in [2.24, 2.45) is 5.73 Å². The number of hydrogen-bond donors (Lipinski definition) is 2. The fraction of sp³-hybridized carbons (Fsp3) is 0.765. The summed E-state index contributed by atoms with van der Waals surface area (Å²) in [7, 11) is -4.39. The highest BCUT2D eigenvalue weighted by Crippen LogP contribution is 2.43. The molecule has 2 atom stereocenters. The average molecular weight is 878 g/mol. The molecule has 0 saturated heterocycles. The summed E-state index contributed by atoms with van der Waals surface area (Å²) in [4.78, 5) is 35.0. The van der Waals surface area contributed by atoms with E-state index in [1.807, 2.05) is 0 Å². The topological polar surface area (TPSA) is 134 Å². The molecule has 0 heterocycles. The van der Waals surface area contributed by atoms with E-state index in [-0.39, 0.29) is 32.6 Å². The molecule has 61 heavy (non-hydrogen) atoms. The summed E-state index contributed by atoms with van der Waals surface area (Å²) in [6, 6.07) is 0. The molecule has 0 fully saturated rings. The Labute approximate surface area is 374 Å². The van der Waals surface area contributed by atoms with E-state index in [0.717, 1.165) is 70.6 Å². The van der Waals surface area contributed by atoms with Gasteiger partial charge in [0.05, 0.1) is 13.2 Å². The molecule has 0 amide bonds. The van der Waals surface area contributed by atoms with Gasteiger partial charge in [-0.15, -0.1) is 0 Å². The third-order valence-electron chi connectivity index (χ3n) is 10.4. The Balaban J connectivity index is 4.11. The van der Waals surface area contributed by atoms with E-state index in [2.05, 4.69) is 74.6 Å². The fourth-order valence-corrected chi connectivity index (χ4v) is 7.55. The van der Waals surface area contributed by atoms with Gasteiger partial charge in [0.25, 0.3) is 0 Å². The van der Waals surface area contributed by atoms with Gasteiger partial charge in [-0.05, 0) is 57.8 Å². The predicted octanol–water partition coefficient (Wildman–Crippen LogP) is 14.8. The molecule has 0 aliphatic carbocycles. The van der Waals surface area contributed by atoms with Crippen molar-refractivity contribution in [1.82, 2.24) is 0 Å². The van der Waals surface area contributed by atoms with E-state index < -0.39 is 32.5 Å². The molecule has 0 bridgehead atoms. The zero-order chi connectivity index (χ0) is 44.6. The molecule has 9 nitrogen and oxygen atoms in total. The van der Waals surface area contributed by atoms with Crippen LogP contribution in [0.3, 0.4) is 0 Å². The third kappa shape index (κ3) is 47.0. The Morgan fingerprint density at radius 3 is 1.34 bits per heavy atom. The lowest BCUT2D eigenvalue weighted by atomic mass is 10.0. The quantitative estimate of drug-likeness (QED) is 0.0265. The number of carbonyl (C=O) groups is 2. The first-order valence-corrected chi connectivity index (χ1v) is 26.3. The Bertz CT molecular complexity index is 1180. The van der Waals surface area contributed by atoms with E-state index in [1.165, 1.54) is 109 Å². The van der Waals surface area contributed by atoms with Gasteiger partial charge >= 0.3 is 19.8 Å². The molecular weight excluding hydrogens is 786 g/mol. The Kier molecular flexibility index (Phi) is 45.4. The first kappa shape index (κ1) is 58.7. The van der Waals surface area contributed by atoms with E-state index >= 15 is 0 Å². The Hall–Kier alpha value is -2.29. The van der Waals surface area contributed by atoms with Gasteiger partial charge < -0.3 is 20.1 Å². The van der Waals surface area contributed by atoms with Crippen LogP contribution in [-0.2, 0) is 32.7 Å². The number of unbranched alkanes of at least 4 members (excludes halogenated alkanes) is 23. The minimum absolute atomic E-state index is 0.0474.